The maximum absolute atomic E-state index is 13.7. The fourth-order valence-corrected chi connectivity index (χ4v) is 5.65. The van der Waals surface area contributed by atoms with Gasteiger partial charge in [0.1, 0.15) is 11.5 Å². The zero-order valence-electron chi connectivity index (χ0n) is 21.1. The van der Waals surface area contributed by atoms with E-state index in [1.54, 1.807) is 69.3 Å². The van der Waals surface area contributed by atoms with E-state index in [0.717, 1.165) is 0 Å². The van der Waals surface area contributed by atoms with Gasteiger partial charge in [-0.1, -0.05) is 35.1 Å². The molecule has 1 aliphatic heterocycles. The molecule has 0 bridgehead atoms. The third-order valence-electron chi connectivity index (χ3n) is 6.29. The van der Waals surface area contributed by atoms with Crippen molar-refractivity contribution in [1.82, 2.24) is 4.57 Å². The number of aryl methyl sites for hydroxylation is 1. The van der Waals surface area contributed by atoms with Crippen LogP contribution in [0.1, 0.15) is 36.8 Å². The second kappa shape index (κ2) is 10.5. The number of furan rings is 1. The van der Waals surface area contributed by atoms with Crippen molar-refractivity contribution in [1.29, 1.82) is 0 Å². The van der Waals surface area contributed by atoms with Crippen LogP contribution in [-0.2, 0) is 9.53 Å². The summed E-state index contributed by atoms with van der Waals surface area (Å²) in [5, 5.41) is 11.6. The van der Waals surface area contributed by atoms with Crippen LogP contribution in [0.5, 0.6) is 0 Å². The van der Waals surface area contributed by atoms with E-state index < -0.39 is 16.9 Å². The molecule has 5 rings (SSSR count). The Morgan fingerprint density at radius 2 is 1.95 bits per heavy atom. The second-order valence-corrected chi connectivity index (χ2v) is 10.3. The Bertz CT molecular complexity index is 1830. The Morgan fingerprint density at radius 3 is 2.62 bits per heavy atom. The van der Waals surface area contributed by atoms with Crippen LogP contribution in [0.15, 0.2) is 80.1 Å². The van der Waals surface area contributed by atoms with Crippen molar-refractivity contribution < 1.29 is 18.9 Å². The quantitative estimate of drug-likeness (QED) is 0.186. The van der Waals surface area contributed by atoms with Crippen molar-refractivity contribution >= 4 is 40.7 Å². The number of carbonyl (C=O) groups is 1. The molecule has 0 saturated carbocycles. The summed E-state index contributed by atoms with van der Waals surface area (Å²) in [6, 6.07) is 14.2. The van der Waals surface area contributed by atoms with E-state index in [1.807, 2.05) is 0 Å². The maximum Gasteiger partial charge on any atom is 0.338 e. The normalized spacial score (nSPS) is 15.2. The Kier molecular flexibility index (Phi) is 7.07. The molecule has 9 nitrogen and oxygen atoms in total. The van der Waals surface area contributed by atoms with E-state index in [2.05, 4.69) is 4.99 Å². The third-order valence-corrected chi connectivity index (χ3v) is 7.52. The number of thiazole rings is 1. The Hall–Kier alpha value is -4.28. The third kappa shape index (κ3) is 4.96. The highest BCUT2D eigenvalue weighted by molar-refractivity contribution is 7.07. The summed E-state index contributed by atoms with van der Waals surface area (Å²) in [7, 11) is 0. The SMILES string of the molecule is CCOC(=O)C1=C(C)N=c2s/c(=C\c3ccc(-c4ccc([N+](=O)[O-])cc4C)o3)c(=O)n2[C@H]1c1ccc(Cl)cc1. The topological polar surface area (TPSA) is 117 Å². The number of allylic oxidation sites excluding steroid dienone is 1. The van der Waals surface area contributed by atoms with Gasteiger partial charge in [-0.2, -0.15) is 0 Å². The zero-order chi connectivity index (χ0) is 27.8. The molecule has 39 heavy (non-hydrogen) atoms. The highest BCUT2D eigenvalue weighted by Crippen LogP contribution is 2.32. The fraction of sp³-hybridized carbons (Fsp3) is 0.179. The van der Waals surface area contributed by atoms with Gasteiger partial charge < -0.3 is 9.15 Å². The minimum Gasteiger partial charge on any atom is -0.463 e. The number of rotatable bonds is 6. The number of aromatic nitrogens is 1. The number of esters is 1. The largest absolute Gasteiger partial charge is 0.463 e. The molecule has 11 heteroatoms. The van der Waals surface area contributed by atoms with Crippen LogP contribution in [-0.4, -0.2) is 22.1 Å². The lowest BCUT2D eigenvalue weighted by Crippen LogP contribution is -2.39. The Morgan fingerprint density at radius 1 is 1.21 bits per heavy atom. The smallest absolute Gasteiger partial charge is 0.338 e. The molecule has 1 atom stereocenters. The molecule has 198 valence electrons. The molecule has 0 radical (unpaired) electrons. The summed E-state index contributed by atoms with van der Waals surface area (Å²) in [6.07, 6.45) is 1.62. The van der Waals surface area contributed by atoms with Gasteiger partial charge in [0.05, 0.1) is 33.4 Å². The number of fused-ring (bicyclic) bond motifs is 1. The summed E-state index contributed by atoms with van der Waals surface area (Å²) < 4.78 is 13.1. The van der Waals surface area contributed by atoms with E-state index in [9.17, 15) is 19.7 Å². The first-order chi connectivity index (χ1) is 18.7. The number of hydrogen-bond donors (Lipinski definition) is 0. The maximum atomic E-state index is 13.7. The molecule has 3 heterocycles. The van der Waals surface area contributed by atoms with Crippen molar-refractivity contribution in [3.8, 4) is 11.3 Å². The Balaban J connectivity index is 1.60. The average Bonchev–Trinajstić information content (AvgIpc) is 3.48. The van der Waals surface area contributed by atoms with Crippen LogP contribution in [0.4, 0.5) is 5.69 Å². The Labute approximate surface area is 231 Å². The predicted octanol–water partition coefficient (Wildman–Crippen LogP) is 4.93. The highest BCUT2D eigenvalue weighted by Gasteiger charge is 2.33. The lowest BCUT2D eigenvalue weighted by atomic mass is 9.96. The molecule has 2 aromatic carbocycles. The van der Waals surface area contributed by atoms with Crippen LogP contribution in [0.3, 0.4) is 0 Å². The molecule has 0 fully saturated rings. The van der Waals surface area contributed by atoms with Crippen molar-refractivity contribution in [2.45, 2.75) is 26.8 Å². The molecular formula is C28H22ClN3O6S. The van der Waals surface area contributed by atoms with Crippen molar-refractivity contribution in [2.75, 3.05) is 6.61 Å². The first kappa shape index (κ1) is 26.3. The number of benzene rings is 2. The summed E-state index contributed by atoms with van der Waals surface area (Å²) in [5.74, 6) is 0.403. The van der Waals surface area contributed by atoms with E-state index in [1.165, 1.54) is 28.0 Å². The van der Waals surface area contributed by atoms with Crippen molar-refractivity contribution in [3.05, 3.63) is 118 Å². The van der Waals surface area contributed by atoms with Crippen molar-refractivity contribution in [3.63, 3.8) is 0 Å². The van der Waals surface area contributed by atoms with E-state index >= 15 is 0 Å². The number of carbonyl (C=O) groups excluding carboxylic acids is 1. The minimum absolute atomic E-state index is 0.00291. The number of non-ortho nitro benzene ring substituents is 1. The van der Waals surface area contributed by atoms with E-state index in [-0.39, 0.29) is 23.4 Å². The minimum atomic E-state index is -0.741. The van der Waals surface area contributed by atoms with Crippen LogP contribution < -0.4 is 14.9 Å². The lowest BCUT2D eigenvalue weighted by molar-refractivity contribution is -0.384. The van der Waals surface area contributed by atoms with E-state index in [4.69, 9.17) is 20.8 Å². The van der Waals surface area contributed by atoms with Crippen LogP contribution in [0.2, 0.25) is 5.02 Å². The summed E-state index contributed by atoms with van der Waals surface area (Å²) in [4.78, 5) is 42.3. The number of nitro benzene ring substituents is 1. The van der Waals surface area contributed by atoms with Gasteiger partial charge in [-0.25, -0.2) is 9.79 Å². The van der Waals surface area contributed by atoms with Gasteiger partial charge >= 0.3 is 5.97 Å². The van der Waals surface area contributed by atoms with Crippen molar-refractivity contribution in [2.24, 2.45) is 4.99 Å². The average molecular weight is 564 g/mol. The number of ether oxygens (including phenoxy) is 1. The van der Waals surface area contributed by atoms with Gasteiger partial charge in [0.25, 0.3) is 11.2 Å². The summed E-state index contributed by atoms with van der Waals surface area (Å²) in [5.41, 5.74) is 2.50. The van der Waals surface area contributed by atoms with Gasteiger partial charge in [0.15, 0.2) is 4.80 Å². The molecule has 0 spiro atoms. The molecule has 0 unspecified atom stereocenters. The standard InChI is InChI=1S/C28H22ClN3O6S/c1-4-37-27(34)24-16(3)30-28-31(25(24)17-5-7-18(29)8-6-17)26(33)23(39-28)14-20-10-12-22(38-20)21-11-9-19(32(35)36)13-15(21)2/h5-14,25H,4H2,1-3H3/b23-14-/t25-/m0/s1. The number of nitrogens with zero attached hydrogens (tertiary/aromatic N) is 3. The monoisotopic (exact) mass is 563 g/mol. The van der Waals surface area contributed by atoms with E-state index in [0.29, 0.717) is 48.3 Å². The fourth-order valence-electron chi connectivity index (χ4n) is 4.49. The zero-order valence-corrected chi connectivity index (χ0v) is 22.7. The summed E-state index contributed by atoms with van der Waals surface area (Å²) in [6.45, 7) is 5.39. The van der Waals surface area contributed by atoms with Gasteiger partial charge in [-0.3, -0.25) is 19.5 Å². The second-order valence-electron chi connectivity index (χ2n) is 8.81. The molecule has 0 amide bonds. The van der Waals surface area contributed by atoms with Crippen LogP contribution in [0.25, 0.3) is 17.4 Å². The molecule has 0 saturated heterocycles. The van der Waals surface area contributed by atoms with Gasteiger partial charge in [0.2, 0.25) is 0 Å². The van der Waals surface area contributed by atoms with Gasteiger partial charge in [-0.05, 0) is 62.2 Å². The molecule has 0 aliphatic carbocycles. The number of nitro groups is 1. The summed E-state index contributed by atoms with van der Waals surface area (Å²) >= 11 is 7.28. The first-order valence-electron chi connectivity index (χ1n) is 12.0. The van der Waals surface area contributed by atoms with Gasteiger partial charge in [0, 0.05) is 28.8 Å². The van der Waals surface area contributed by atoms with Gasteiger partial charge in [-0.15, -0.1) is 0 Å². The number of hydrogen-bond acceptors (Lipinski definition) is 8. The first-order valence-corrected chi connectivity index (χ1v) is 13.2. The molecule has 2 aromatic heterocycles. The highest BCUT2D eigenvalue weighted by atomic mass is 35.5. The van der Waals surface area contributed by atoms with Crippen LogP contribution >= 0.6 is 22.9 Å². The molecule has 4 aromatic rings. The molecule has 1 aliphatic rings. The van der Waals surface area contributed by atoms with Crippen LogP contribution in [0, 0.1) is 17.0 Å². The molecule has 0 N–H and O–H groups in total. The molecular weight excluding hydrogens is 542 g/mol. The predicted molar refractivity (Wildman–Crippen MR) is 147 cm³/mol. The number of halogens is 1. The lowest BCUT2D eigenvalue weighted by Gasteiger charge is -2.24.